The van der Waals surface area contributed by atoms with Crippen LogP contribution in [0.1, 0.15) is 0 Å². The summed E-state index contributed by atoms with van der Waals surface area (Å²) in [5.74, 6) is 0. The van der Waals surface area contributed by atoms with Crippen molar-refractivity contribution in [3.05, 3.63) is 72.9 Å². The number of rotatable bonds is 1. The molecule has 0 saturated carbocycles. The molecule has 3 rings (SSSR count). The minimum atomic E-state index is -1.04. The van der Waals surface area contributed by atoms with E-state index in [1.807, 2.05) is 36.5 Å². The van der Waals surface area contributed by atoms with Crippen molar-refractivity contribution >= 4 is 22.7 Å². The van der Waals surface area contributed by atoms with Gasteiger partial charge >= 0.3 is 6.09 Å². The zero-order valence-electron chi connectivity index (χ0n) is 10.7. The summed E-state index contributed by atoms with van der Waals surface area (Å²) in [5, 5.41) is 11.7. The van der Waals surface area contributed by atoms with Crippen LogP contribution in [0.15, 0.2) is 72.9 Å². The molecule has 0 atom stereocenters. The van der Waals surface area contributed by atoms with Gasteiger partial charge in [0.05, 0.1) is 5.52 Å². The number of nitrogens with zero attached hydrogens (tertiary/aromatic N) is 1. The van der Waals surface area contributed by atoms with Gasteiger partial charge in [-0.15, -0.1) is 0 Å². The van der Waals surface area contributed by atoms with E-state index in [0.29, 0.717) is 5.69 Å². The summed E-state index contributed by atoms with van der Waals surface area (Å²) in [4.78, 5) is 14.2. The first-order chi connectivity index (χ1) is 9.75. The van der Waals surface area contributed by atoms with Crippen molar-refractivity contribution in [2.24, 2.45) is 0 Å². The maximum Gasteiger partial charge on any atom is 0.409 e. The predicted octanol–water partition coefficient (Wildman–Crippen LogP) is 4.01. The van der Waals surface area contributed by atoms with Gasteiger partial charge in [0.15, 0.2) is 0 Å². The molecule has 4 nitrogen and oxygen atoms in total. The molecule has 0 aliphatic carbocycles. The van der Waals surface area contributed by atoms with Crippen LogP contribution in [-0.4, -0.2) is 16.2 Å². The smallest absolute Gasteiger partial charge is 0.409 e. The Morgan fingerprint density at radius 2 is 1.55 bits per heavy atom. The molecule has 3 aromatic rings. The third-order valence-corrected chi connectivity index (χ3v) is 2.54. The Morgan fingerprint density at radius 1 is 0.900 bits per heavy atom. The van der Waals surface area contributed by atoms with Gasteiger partial charge in [0.25, 0.3) is 0 Å². The molecule has 0 aliphatic heterocycles. The highest BCUT2D eigenvalue weighted by Gasteiger charge is 1.93. The van der Waals surface area contributed by atoms with E-state index in [1.54, 1.807) is 24.3 Å². The Kier molecular flexibility index (Phi) is 4.67. The topological polar surface area (TPSA) is 62.2 Å². The predicted molar refractivity (Wildman–Crippen MR) is 79.8 cm³/mol. The van der Waals surface area contributed by atoms with Crippen LogP contribution in [0.4, 0.5) is 10.5 Å². The molecule has 0 fully saturated rings. The van der Waals surface area contributed by atoms with Crippen LogP contribution in [0.2, 0.25) is 0 Å². The molecule has 0 radical (unpaired) electrons. The van der Waals surface area contributed by atoms with E-state index in [9.17, 15) is 4.79 Å². The molecule has 100 valence electrons. The van der Waals surface area contributed by atoms with Gasteiger partial charge in [-0.1, -0.05) is 42.5 Å². The molecule has 1 amide bonds. The first-order valence-corrected chi connectivity index (χ1v) is 6.10. The standard InChI is InChI=1S/C9H7N.C7H7NO2/c1-2-6-9-8(4-1)5-3-7-10-9;9-7(10)8-6-4-2-1-3-5-6/h1-7H;1-5,8H,(H,9,10). The number of hydrogen-bond donors (Lipinski definition) is 2. The van der Waals surface area contributed by atoms with Crippen LogP contribution < -0.4 is 5.32 Å². The molecule has 1 aromatic heterocycles. The van der Waals surface area contributed by atoms with E-state index >= 15 is 0 Å². The van der Waals surface area contributed by atoms with Crippen molar-refractivity contribution in [3.63, 3.8) is 0 Å². The minimum absolute atomic E-state index is 0.593. The van der Waals surface area contributed by atoms with E-state index in [4.69, 9.17) is 5.11 Å². The van der Waals surface area contributed by atoms with Gasteiger partial charge in [-0.3, -0.25) is 10.3 Å². The summed E-state index contributed by atoms with van der Waals surface area (Å²) in [6, 6.07) is 20.8. The fraction of sp³-hybridized carbons (Fsp3) is 0. The Labute approximate surface area is 116 Å². The Morgan fingerprint density at radius 3 is 2.25 bits per heavy atom. The van der Waals surface area contributed by atoms with E-state index < -0.39 is 6.09 Å². The molecule has 0 saturated heterocycles. The average Bonchev–Trinajstić information content (AvgIpc) is 2.48. The number of amides is 1. The average molecular weight is 266 g/mol. The minimum Gasteiger partial charge on any atom is -0.465 e. The monoisotopic (exact) mass is 266 g/mol. The lowest BCUT2D eigenvalue weighted by atomic mass is 10.2. The summed E-state index contributed by atoms with van der Waals surface area (Å²) < 4.78 is 0. The number of fused-ring (bicyclic) bond motifs is 1. The number of hydrogen-bond acceptors (Lipinski definition) is 2. The summed E-state index contributed by atoms with van der Waals surface area (Å²) in [6.45, 7) is 0. The molecule has 20 heavy (non-hydrogen) atoms. The van der Waals surface area contributed by atoms with Gasteiger partial charge in [0, 0.05) is 17.3 Å². The van der Waals surface area contributed by atoms with Gasteiger partial charge in [-0.25, -0.2) is 4.79 Å². The second-order valence-electron chi connectivity index (χ2n) is 3.99. The van der Waals surface area contributed by atoms with Crippen molar-refractivity contribution < 1.29 is 9.90 Å². The molecular weight excluding hydrogens is 252 g/mol. The van der Waals surface area contributed by atoms with Crippen molar-refractivity contribution in [3.8, 4) is 0 Å². The SMILES string of the molecule is O=C(O)Nc1ccccc1.c1ccc2ncccc2c1. The highest BCUT2D eigenvalue weighted by atomic mass is 16.4. The third kappa shape index (κ3) is 4.10. The lowest BCUT2D eigenvalue weighted by Crippen LogP contribution is -2.06. The second kappa shape index (κ2) is 6.89. The van der Waals surface area contributed by atoms with E-state index in [-0.39, 0.29) is 0 Å². The van der Waals surface area contributed by atoms with E-state index in [2.05, 4.69) is 22.4 Å². The number of para-hydroxylation sites is 2. The number of benzene rings is 2. The molecule has 0 unspecified atom stereocenters. The zero-order valence-corrected chi connectivity index (χ0v) is 10.7. The highest BCUT2D eigenvalue weighted by molar-refractivity contribution is 5.82. The Hall–Kier alpha value is -2.88. The van der Waals surface area contributed by atoms with Crippen molar-refractivity contribution in [1.29, 1.82) is 0 Å². The van der Waals surface area contributed by atoms with Gasteiger partial charge in [0.1, 0.15) is 0 Å². The van der Waals surface area contributed by atoms with Gasteiger partial charge in [0.2, 0.25) is 0 Å². The number of anilines is 1. The van der Waals surface area contributed by atoms with Crippen molar-refractivity contribution in [1.82, 2.24) is 4.98 Å². The number of carbonyl (C=O) groups is 1. The zero-order chi connectivity index (χ0) is 14.2. The number of nitrogens with one attached hydrogen (secondary N) is 1. The van der Waals surface area contributed by atoms with Crippen LogP contribution in [0, 0.1) is 0 Å². The summed E-state index contributed by atoms with van der Waals surface area (Å²) in [5.41, 5.74) is 1.65. The molecular formula is C16H14N2O2. The second-order valence-corrected chi connectivity index (χ2v) is 3.99. The number of pyridine rings is 1. The highest BCUT2D eigenvalue weighted by Crippen LogP contribution is 2.08. The lowest BCUT2D eigenvalue weighted by Gasteiger charge is -1.96. The van der Waals surface area contributed by atoms with Crippen molar-refractivity contribution in [2.45, 2.75) is 0 Å². The Bertz CT molecular complexity index is 619. The quantitative estimate of drug-likeness (QED) is 0.699. The number of carboxylic acid groups (broad SMARTS) is 1. The van der Waals surface area contributed by atoms with Gasteiger partial charge in [-0.05, 0) is 24.3 Å². The van der Waals surface area contributed by atoms with Crippen LogP contribution in [0.5, 0.6) is 0 Å². The van der Waals surface area contributed by atoms with Crippen LogP contribution in [0.25, 0.3) is 10.9 Å². The van der Waals surface area contributed by atoms with Gasteiger partial charge in [-0.2, -0.15) is 0 Å². The van der Waals surface area contributed by atoms with Crippen molar-refractivity contribution in [2.75, 3.05) is 5.32 Å². The van der Waals surface area contributed by atoms with Gasteiger partial charge < -0.3 is 5.11 Å². The molecule has 4 heteroatoms. The molecule has 0 aliphatic rings. The molecule has 1 heterocycles. The van der Waals surface area contributed by atoms with Crippen LogP contribution in [-0.2, 0) is 0 Å². The molecule has 2 N–H and O–H groups in total. The summed E-state index contributed by atoms with van der Waals surface area (Å²) in [6.07, 6.45) is 0.772. The molecule has 0 bridgehead atoms. The fourth-order valence-electron chi connectivity index (χ4n) is 1.66. The third-order valence-electron chi connectivity index (χ3n) is 2.54. The van der Waals surface area contributed by atoms with Crippen LogP contribution >= 0.6 is 0 Å². The summed E-state index contributed by atoms with van der Waals surface area (Å²) >= 11 is 0. The largest absolute Gasteiger partial charge is 0.465 e. The number of aromatic nitrogens is 1. The summed E-state index contributed by atoms with van der Waals surface area (Å²) in [7, 11) is 0. The van der Waals surface area contributed by atoms with Crippen LogP contribution in [0.3, 0.4) is 0 Å². The first-order valence-electron chi connectivity index (χ1n) is 6.10. The maximum atomic E-state index is 10.1. The Balaban J connectivity index is 0.000000147. The molecule has 2 aromatic carbocycles. The first kappa shape index (κ1) is 13.5. The fourth-order valence-corrected chi connectivity index (χ4v) is 1.66. The van der Waals surface area contributed by atoms with E-state index in [1.165, 1.54) is 5.39 Å². The van der Waals surface area contributed by atoms with E-state index in [0.717, 1.165) is 5.52 Å². The normalized spacial score (nSPS) is 9.40. The maximum absolute atomic E-state index is 10.1. The lowest BCUT2D eigenvalue weighted by molar-refractivity contribution is 0.210. The molecule has 0 spiro atoms.